The third-order valence-corrected chi connectivity index (χ3v) is 5.56. The van der Waals surface area contributed by atoms with Crippen LogP contribution in [0.2, 0.25) is 0 Å². The van der Waals surface area contributed by atoms with Crippen LogP contribution in [0.25, 0.3) is 21.9 Å². The van der Waals surface area contributed by atoms with Gasteiger partial charge in [0.15, 0.2) is 0 Å². The molecule has 3 aromatic rings. The summed E-state index contributed by atoms with van der Waals surface area (Å²) in [5.41, 5.74) is 1.24. The average Bonchev–Trinajstić information content (AvgIpc) is 2.70. The Kier molecular flexibility index (Phi) is 5.49. The summed E-state index contributed by atoms with van der Waals surface area (Å²) < 4.78 is 38.5. The van der Waals surface area contributed by atoms with Crippen LogP contribution in [0.1, 0.15) is 15.9 Å². The molecule has 0 bridgehead atoms. The SMILES string of the molecule is O=C(N[C@H](CO)C1CNC1)c1ccc2c(-c3ccc(C(F)(F)F)cc3)cccc2c1. The molecule has 1 amide bonds. The number of benzene rings is 3. The number of rotatable bonds is 5. The van der Waals surface area contributed by atoms with Crippen LogP contribution in [0.3, 0.4) is 0 Å². The van der Waals surface area contributed by atoms with E-state index in [-0.39, 0.29) is 24.5 Å². The Morgan fingerprint density at radius 3 is 2.43 bits per heavy atom. The zero-order valence-corrected chi connectivity index (χ0v) is 16.0. The summed E-state index contributed by atoms with van der Waals surface area (Å²) in [6.45, 7) is 1.41. The van der Waals surface area contributed by atoms with Gasteiger partial charge in [0.25, 0.3) is 5.91 Å². The number of fused-ring (bicyclic) bond motifs is 1. The van der Waals surface area contributed by atoms with E-state index in [0.29, 0.717) is 11.1 Å². The van der Waals surface area contributed by atoms with Crippen LogP contribution >= 0.6 is 0 Å². The fourth-order valence-corrected chi connectivity index (χ4v) is 3.68. The van der Waals surface area contributed by atoms with Crippen molar-refractivity contribution in [2.75, 3.05) is 19.7 Å². The van der Waals surface area contributed by atoms with Crippen LogP contribution in [-0.2, 0) is 6.18 Å². The fraction of sp³-hybridized carbons (Fsp3) is 0.261. The molecule has 1 aliphatic rings. The van der Waals surface area contributed by atoms with Crippen molar-refractivity contribution in [2.24, 2.45) is 5.92 Å². The monoisotopic (exact) mass is 414 g/mol. The standard InChI is InChI=1S/C23H21F3N2O2/c24-23(25,26)18-7-4-14(5-8-18)19-3-1-2-15-10-16(6-9-20(15)19)22(30)28-21(13-29)17-11-27-12-17/h1-10,17,21,27,29H,11-13H2,(H,28,30)/t21-/m1/s1. The second kappa shape index (κ2) is 8.08. The first-order valence-corrected chi connectivity index (χ1v) is 9.69. The molecule has 3 aromatic carbocycles. The summed E-state index contributed by atoms with van der Waals surface area (Å²) in [6, 6.07) is 15.5. The number of aliphatic hydroxyl groups is 1. The lowest BCUT2D eigenvalue weighted by Crippen LogP contribution is -2.56. The van der Waals surface area contributed by atoms with E-state index in [2.05, 4.69) is 10.6 Å². The quantitative estimate of drug-likeness (QED) is 0.595. The number of halogens is 3. The van der Waals surface area contributed by atoms with Gasteiger partial charge in [0.1, 0.15) is 0 Å². The van der Waals surface area contributed by atoms with Gasteiger partial charge < -0.3 is 15.7 Å². The molecule has 3 N–H and O–H groups in total. The van der Waals surface area contributed by atoms with E-state index in [1.54, 1.807) is 18.2 Å². The number of carbonyl (C=O) groups excluding carboxylic acids is 1. The lowest BCUT2D eigenvalue weighted by Gasteiger charge is -2.34. The van der Waals surface area contributed by atoms with Crippen LogP contribution in [-0.4, -0.2) is 36.8 Å². The smallest absolute Gasteiger partial charge is 0.394 e. The molecule has 0 spiro atoms. The molecule has 1 heterocycles. The number of hydrogen-bond donors (Lipinski definition) is 3. The Bertz CT molecular complexity index is 1060. The van der Waals surface area contributed by atoms with Crippen LogP contribution < -0.4 is 10.6 Å². The van der Waals surface area contributed by atoms with Crippen LogP contribution in [0.15, 0.2) is 60.7 Å². The maximum absolute atomic E-state index is 12.8. The molecular formula is C23H21F3N2O2. The Morgan fingerprint density at radius 2 is 1.83 bits per heavy atom. The molecule has 0 radical (unpaired) electrons. The molecule has 30 heavy (non-hydrogen) atoms. The van der Waals surface area contributed by atoms with Crippen molar-refractivity contribution in [1.29, 1.82) is 0 Å². The molecule has 0 aromatic heterocycles. The molecule has 0 aliphatic carbocycles. The Balaban J connectivity index is 1.61. The van der Waals surface area contributed by atoms with Gasteiger partial charge in [-0.25, -0.2) is 0 Å². The normalized spacial score (nSPS) is 15.6. The van der Waals surface area contributed by atoms with Gasteiger partial charge in [-0.2, -0.15) is 13.2 Å². The van der Waals surface area contributed by atoms with Crippen molar-refractivity contribution >= 4 is 16.7 Å². The maximum atomic E-state index is 12.8. The minimum atomic E-state index is -4.37. The van der Waals surface area contributed by atoms with Gasteiger partial charge >= 0.3 is 6.18 Å². The van der Waals surface area contributed by atoms with E-state index >= 15 is 0 Å². The number of nitrogens with one attached hydrogen (secondary N) is 2. The average molecular weight is 414 g/mol. The number of amides is 1. The molecule has 1 fully saturated rings. The van der Waals surface area contributed by atoms with Gasteiger partial charge in [0, 0.05) is 24.6 Å². The van der Waals surface area contributed by atoms with E-state index in [1.807, 2.05) is 18.2 Å². The van der Waals surface area contributed by atoms with E-state index < -0.39 is 11.7 Å². The molecule has 1 atom stereocenters. The van der Waals surface area contributed by atoms with E-state index in [1.165, 1.54) is 12.1 Å². The second-order valence-electron chi connectivity index (χ2n) is 7.50. The van der Waals surface area contributed by atoms with E-state index in [0.717, 1.165) is 41.6 Å². The summed E-state index contributed by atoms with van der Waals surface area (Å²) >= 11 is 0. The molecule has 156 valence electrons. The van der Waals surface area contributed by atoms with Crippen molar-refractivity contribution in [3.8, 4) is 11.1 Å². The molecule has 1 saturated heterocycles. The van der Waals surface area contributed by atoms with Crippen molar-refractivity contribution in [1.82, 2.24) is 10.6 Å². The van der Waals surface area contributed by atoms with E-state index in [9.17, 15) is 23.1 Å². The highest BCUT2D eigenvalue weighted by Crippen LogP contribution is 2.33. The topological polar surface area (TPSA) is 61.4 Å². The lowest BCUT2D eigenvalue weighted by atomic mass is 9.93. The van der Waals surface area contributed by atoms with Gasteiger partial charge in [-0.1, -0.05) is 36.4 Å². The van der Waals surface area contributed by atoms with Crippen molar-refractivity contribution in [2.45, 2.75) is 12.2 Å². The predicted molar refractivity (Wildman–Crippen MR) is 109 cm³/mol. The van der Waals surface area contributed by atoms with Crippen LogP contribution in [0, 0.1) is 5.92 Å². The first kappa shape index (κ1) is 20.4. The summed E-state index contributed by atoms with van der Waals surface area (Å²) in [5.74, 6) is -0.0477. The minimum absolute atomic E-state index is 0.121. The summed E-state index contributed by atoms with van der Waals surface area (Å²) in [6.07, 6.45) is -4.37. The first-order chi connectivity index (χ1) is 14.4. The van der Waals surface area contributed by atoms with Crippen molar-refractivity contribution in [3.63, 3.8) is 0 Å². The highest BCUT2D eigenvalue weighted by molar-refractivity contribution is 6.02. The Morgan fingerprint density at radius 1 is 1.10 bits per heavy atom. The third kappa shape index (κ3) is 4.04. The second-order valence-corrected chi connectivity index (χ2v) is 7.50. The summed E-state index contributed by atoms with van der Waals surface area (Å²) in [5, 5.41) is 17.2. The molecule has 0 saturated carbocycles. The zero-order valence-electron chi connectivity index (χ0n) is 16.0. The highest BCUT2D eigenvalue weighted by atomic mass is 19.4. The number of carbonyl (C=O) groups is 1. The van der Waals surface area contributed by atoms with E-state index in [4.69, 9.17) is 0 Å². The molecule has 4 rings (SSSR count). The number of alkyl halides is 3. The lowest BCUT2D eigenvalue weighted by molar-refractivity contribution is -0.137. The molecule has 0 unspecified atom stereocenters. The largest absolute Gasteiger partial charge is 0.416 e. The molecule has 4 nitrogen and oxygen atoms in total. The molecular weight excluding hydrogens is 393 g/mol. The fourth-order valence-electron chi connectivity index (χ4n) is 3.68. The summed E-state index contributed by atoms with van der Waals surface area (Å²) in [7, 11) is 0. The maximum Gasteiger partial charge on any atom is 0.416 e. The number of hydrogen-bond acceptors (Lipinski definition) is 3. The molecule has 7 heteroatoms. The van der Waals surface area contributed by atoms with Gasteiger partial charge in [-0.05, 0) is 46.2 Å². The Labute approximate surface area is 171 Å². The van der Waals surface area contributed by atoms with Gasteiger partial charge in [-0.15, -0.1) is 0 Å². The van der Waals surface area contributed by atoms with Gasteiger partial charge in [0.05, 0.1) is 18.2 Å². The third-order valence-electron chi connectivity index (χ3n) is 5.56. The highest BCUT2D eigenvalue weighted by Gasteiger charge is 2.30. The predicted octanol–water partition coefficient (Wildman–Crippen LogP) is 3.84. The van der Waals surface area contributed by atoms with Crippen molar-refractivity contribution in [3.05, 3.63) is 71.8 Å². The number of aliphatic hydroxyl groups excluding tert-OH is 1. The minimum Gasteiger partial charge on any atom is -0.394 e. The van der Waals surface area contributed by atoms with Gasteiger partial charge in [0.2, 0.25) is 0 Å². The van der Waals surface area contributed by atoms with Gasteiger partial charge in [-0.3, -0.25) is 4.79 Å². The van der Waals surface area contributed by atoms with Crippen LogP contribution in [0.5, 0.6) is 0 Å². The molecule has 1 aliphatic heterocycles. The Hall–Kier alpha value is -2.90. The van der Waals surface area contributed by atoms with Crippen molar-refractivity contribution < 1.29 is 23.1 Å². The summed E-state index contributed by atoms with van der Waals surface area (Å²) in [4.78, 5) is 12.6. The van der Waals surface area contributed by atoms with Crippen LogP contribution in [0.4, 0.5) is 13.2 Å². The first-order valence-electron chi connectivity index (χ1n) is 9.69. The zero-order chi connectivity index (χ0) is 21.3.